The lowest BCUT2D eigenvalue weighted by molar-refractivity contribution is -0.139. The zero-order valence-corrected chi connectivity index (χ0v) is 9.65. The molecule has 0 aliphatic carbocycles. The maximum Gasteiger partial charge on any atom is 0.313 e. The first kappa shape index (κ1) is 12.5. The summed E-state index contributed by atoms with van der Waals surface area (Å²) in [5.74, 6) is -1.14. The fraction of sp³-hybridized carbons (Fsp3) is 0.417. The molecule has 1 rings (SSSR count). The maximum absolute atomic E-state index is 10.9. The Morgan fingerprint density at radius 3 is 2.19 bits per heavy atom. The second-order valence-electron chi connectivity index (χ2n) is 3.76. The van der Waals surface area contributed by atoms with Gasteiger partial charge in [0.25, 0.3) is 0 Å². The van der Waals surface area contributed by atoms with Crippen LogP contribution in [0.3, 0.4) is 0 Å². The lowest BCUT2D eigenvalue weighted by Gasteiger charge is -2.14. The van der Waals surface area contributed by atoms with Crippen LogP contribution in [0.5, 0.6) is 5.75 Å². The molecule has 0 bridgehead atoms. The average Bonchev–Trinajstić information content (AvgIpc) is 2.17. The van der Waals surface area contributed by atoms with Gasteiger partial charge in [-0.3, -0.25) is 4.79 Å². The van der Waals surface area contributed by atoms with Gasteiger partial charge in [0.2, 0.25) is 0 Å². The Hall–Kier alpha value is -1.55. The Morgan fingerprint density at radius 2 is 1.88 bits per heavy atom. The normalized spacial score (nSPS) is 12.2. The van der Waals surface area contributed by atoms with Gasteiger partial charge in [0, 0.05) is 0 Å². The number of carboxylic acid groups (broad SMARTS) is 1. The molecule has 4 heteroatoms. The highest BCUT2D eigenvalue weighted by atomic mass is 16.5. The van der Waals surface area contributed by atoms with Crippen molar-refractivity contribution in [3.05, 3.63) is 28.8 Å². The lowest BCUT2D eigenvalue weighted by atomic mass is 9.95. The van der Waals surface area contributed by atoms with Gasteiger partial charge in [-0.2, -0.15) is 0 Å². The van der Waals surface area contributed by atoms with Gasteiger partial charge in [-0.05, 0) is 30.5 Å². The van der Waals surface area contributed by atoms with E-state index in [9.17, 15) is 4.79 Å². The van der Waals surface area contributed by atoms with E-state index < -0.39 is 18.5 Å². The van der Waals surface area contributed by atoms with Crippen LogP contribution in [0.15, 0.2) is 12.1 Å². The summed E-state index contributed by atoms with van der Waals surface area (Å²) >= 11 is 0. The number of aliphatic hydroxyl groups excluding tert-OH is 1. The van der Waals surface area contributed by atoms with Crippen LogP contribution in [0, 0.1) is 13.8 Å². The molecule has 0 aromatic heterocycles. The van der Waals surface area contributed by atoms with Crippen LogP contribution >= 0.6 is 0 Å². The minimum Gasteiger partial charge on any atom is -0.496 e. The van der Waals surface area contributed by atoms with Crippen LogP contribution in [0.2, 0.25) is 0 Å². The fourth-order valence-corrected chi connectivity index (χ4v) is 1.83. The number of aliphatic carboxylic acids is 1. The van der Waals surface area contributed by atoms with Crippen molar-refractivity contribution in [2.75, 3.05) is 13.7 Å². The first-order valence-electron chi connectivity index (χ1n) is 5.00. The summed E-state index contributed by atoms with van der Waals surface area (Å²) in [4.78, 5) is 10.9. The zero-order valence-electron chi connectivity index (χ0n) is 9.65. The Bertz CT molecular complexity index is 375. The molecule has 0 aliphatic rings. The quantitative estimate of drug-likeness (QED) is 0.812. The third-order valence-corrected chi connectivity index (χ3v) is 2.57. The number of hydrogen-bond donors (Lipinski definition) is 2. The predicted octanol–water partition coefficient (Wildman–Crippen LogP) is 1.47. The van der Waals surface area contributed by atoms with E-state index in [0.717, 1.165) is 16.9 Å². The zero-order chi connectivity index (χ0) is 12.3. The van der Waals surface area contributed by atoms with Crippen molar-refractivity contribution in [3.63, 3.8) is 0 Å². The molecule has 0 fully saturated rings. The third-order valence-electron chi connectivity index (χ3n) is 2.57. The average molecular weight is 224 g/mol. The van der Waals surface area contributed by atoms with Crippen LogP contribution in [0.25, 0.3) is 0 Å². The summed E-state index contributed by atoms with van der Waals surface area (Å²) in [6.45, 7) is 3.30. The molecule has 1 aromatic rings. The van der Waals surface area contributed by atoms with E-state index >= 15 is 0 Å². The molecule has 0 amide bonds. The van der Waals surface area contributed by atoms with Gasteiger partial charge in [-0.25, -0.2) is 0 Å². The second-order valence-corrected chi connectivity index (χ2v) is 3.76. The van der Waals surface area contributed by atoms with Crippen molar-refractivity contribution in [1.29, 1.82) is 0 Å². The van der Waals surface area contributed by atoms with E-state index in [2.05, 4.69) is 0 Å². The molecule has 1 unspecified atom stereocenters. The number of methoxy groups -OCH3 is 1. The molecule has 0 aliphatic heterocycles. The molecular weight excluding hydrogens is 208 g/mol. The summed E-state index contributed by atoms with van der Waals surface area (Å²) in [6.07, 6.45) is 0. The highest BCUT2D eigenvalue weighted by Crippen LogP contribution is 2.28. The highest BCUT2D eigenvalue weighted by molar-refractivity contribution is 5.76. The van der Waals surface area contributed by atoms with E-state index in [4.69, 9.17) is 14.9 Å². The summed E-state index contributed by atoms with van der Waals surface area (Å²) in [5, 5.41) is 18.0. The molecule has 4 nitrogen and oxygen atoms in total. The SMILES string of the molecule is COc1c(C)cc(C(CO)C(=O)O)cc1C. The van der Waals surface area contributed by atoms with Gasteiger partial charge in [0.15, 0.2) is 0 Å². The maximum atomic E-state index is 10.9. The molecule has 1 atom stereocenters. The van der Waals surface area contributed by atoms with Crippen LogP contribution in [0.4, 0.5) is 0 Å². The standard InChI is InChI=1S/C12H16O4/c1-7-4-9(10(6-13)12(14)15)5-8(2)11(7)16-3/h4-5,10,13H,6H2,1-3H3,(H,14,15). The molecule has 0 radical (unpaired) electrons. The minimum absolute atomic E-state index is 0.402. The summed E-state index contributed by atoms with van der Waals surface area (Å²) in [6, 6.07) is 3.47. The highest BCUT2D eigenvalue weighted by Gasteiger charge is 2.20. The van der Waals surface area contributed by atoms with Gasteiger partial charge >= 0.3 is 5.97 Å². The van der Waals surface area contributed by atoms with Gasteiger partial charge in [-0.1, -0.05) is 12.1 Å². The van der Waals surface area contributed by atoms with E-state index in [1.54, 1.807) is 19.2 Å². The number of hydrogen-bond acceptors (Lipinski definition) is 3. The van der Waals surface area contributed by atoms with Crippen molar-refractivity contribution in [2.45, 2.75) is 19.8 Å². The molecule has 2 N–H and O–H groups in total. The Morgan fingerprint density at radius 1 is 1.38 bits per heavy atom. The third kappa shape index (κ3) is 2.33. The van der Waals surface area contributed by atoms with Crippen molar-refractivity contribution < 1.29 is 19.7 Å². The Labute approximate surface area is 94.5 Å². The van der Waals surface area contributed by atoms with Crippen molar-refractivity contribution in [1.82, 2.24) is 0 Å². The molecule has 16 heavy (non-hydrogen) atoms. The first-order chi connectivity index (χ1) is 7.51. The fourth-order valence-electron chi connectivity index (χ4n) is 1.83. The number of carbonyl (C=O) groups is 1. The van der Waals surface area contributed by atoms with Gasteiger partial charge in [-0.15, -0.1) is 0 Å². The lowest BCUT2D eigenvalue weighted by Crippen LogP contribution is -2.16. The molecule has 1 aromatic carbocycles. The van der Waals surface area contributed by atoms with Crippen molar-refractivity contribution in [2.24, 2.45) is 0 Å². The van der Waals surface area contributed by atoms with Crippen LogP contribution in [0.1, 0.15) is 22.6 Å². The van der Waals surface area contributed by atoms with Gasteiger partial charge in [0.05, 0.1) is 13.7 Å². The van der Waals surface area contributed by atoms with Crippen LogP contribution < -0.4 is 4.74 Å². The number of benzene rings is 1. The van der Waals surface area contributed by atoms with E-state index in [1.165, 1.54) is 0 Å². The van der Waals surface area contributed by atoms with E-state index in [1.807, 2.05) is 13.8 Å². The van der Waals surface area contributed by atoms with Crippen molar-refractivity contribution in [3.8, 4) is 5.75 Å². The van der Waals surface area contributed by atoms with Gasteiger partial charge < -0.3 is 14.9 Å². The summed E-state index contributed by atoms with van der Waals surface area (Å²) in [7, 11) is 1.58. The molecule has 88 valence electrons. The molecule has 0 spiro atoms. The predicted molar refractivity (Wildman–Crippen MR) is 59.9 cm³/mol. The molecular formula is C12H16O4. The van der Waals surface area contributed by atoms with Crippen molar-refractivity contribution >= 4 is 5.97 Å². The largest absolute Gasteiger partial charge is 0.496 e. The second kappa shape index (κ2) is 4.99. The molecule has 0 heterocycles. The van der Waals surface area contributed by atoms with E-state index in [0.29, 0.717) is 5.56 Å². The number of ether oxygens (including phenoxy) is 1. The number of carboxylic acids is 1. The Kier molecular flexibility index (Phi) is 3.90. The van der Waals surface area contributed by atoms with E-state index in [-0.39, 0.29) is 0 Å². The van der Waals surface area contributed by atoms with Gasteiger partial charge in [0.1, 0.15) is 11.7 Å². The molecule has 0 saturated heterocycles. The summed E-state index contributed by atoms with van der Waals surface area (Å²) in [5.41, 5.74) is 2.35. The molecule has 0 saturated carbocycles. The summed E-state index contributed by atoms with van der Waals surface area (Å²) < 4.78 is 5.19. The number of aliphatic hydroxyl groups is 1. The monoisotopic (exact) mass is 224 g/mol. The smallest absolute Gasteiger partial charge is 0.313 e. The van der Waals surface area contributed by atoms with Crippen LogP contribution in [-0.4, -0.2) is 29.9 Å². The number of rotatable bonds is 4. The Balaban J connectivity index is 3.21. The first-order valence-corrected chi connectivity index (χ1v) is 5.00. The topological polar surface area (TPSA) is 66.8 Å². The minimum atomic E-state index is -1.02. The number of aryl methyl sites for hydroxylation is 2. The van der Waals surface area contributed by atoms with Crippen LogP contribution in [-0.2, 0) is 4.79 Å².